The van der Waals surface area contributed by atoms with Crippen LogP contribution in [0.3, 0.4) is 0 Å². The second kappa shape index (κ2) is 6.92. The number of rotatable bonds is 6. The fraction of sp³-hybridized carbons (Fsp3) is 0.375. The summed E-state index contributed by atoms with van der Waals surface area (Å²) in [6.45, 7) is 2.80. The Morgan fingerprint density at radius 3 is 2.76 bits per heavy atom. The summed E-state index contributed by atoms with van der Waals surface area (Å²) in [7, 11) is 1.25. The van der Waals surface area contributed by atoms with Gasteiger partial charge in [0.05, 0.1) is 13.7 Å². The molecule has 0 saturated carbocycles. The van der Waals surface area contributed by atoms with Gasteiger partial charge in [0.25, 0.3) is 5.56 Å². The van der Waals surface area contributed by atoms with Crippen molar-refractivity contribution in [3.8, 4) is 5.75 Å². The van der Waals surface area contributed by atoms with E-state index in [1.807, 2.05) is 12.1 Å². The lowest BCUT2D eigenvalue weighted by atomic mass is 10.1. The lowest BCUT2D eigenvalue weighted by Crippen LogP contribution is -2.18. The molecule has 2 rings (SSSR count). The smallest absolute Gasteiger partial charge is 0.343 e. The molecule has 0 aliphatic carbocycles. The second-order valence-corrected chi connectivity index (χ2v) is 4.81. The van der Waals surface area contributed by atoms with Crippen molar-refractivity contribution >= 4 is 16.9 Å². The lowest BCUT2D eigenvalue weighted by molar-refractivity contribution is 0.0599. The number of carbonyl (C=O) groups is 1. The van der Waals surface area contributed by atoms with E-state index in [2.05, 4.69) is 16.6 Å². The van der Waals surface area contributed by atoms with Crippen LogP contribution in [0.15, 0.2) is 29.1 Å². The van der Waals surface area contributed by atoms with Crippen molar-refractivity contribution in [3.05, 3.63) is 40.2 Å². The molecule has 0 amide bonds. The van der Waals surface area contributed by atoms with Crippen LogP contribution in [-0.4, -0.2) is 24.7 Å². The van der Waals surface area contributed by atoms with Gasteiger partial charge in [0, 0.05) is 10.9 Å². The van der Waals surface area contributed by atoms with Gasteiger partial charge in [-0.2, -0.15) is 0 Å². The van der Waals surface area contributed by atoms with Crippen molar-refractivity contribution in [2.45, 2.75) is 26.2 Å². The summed E-state index contributed by atoms with van der Waals surface area (Å²) in [6.07, 6.45) is 3.28. The normalized spacial score (nSPS) is 10.6. The molecule has 2 aromatic rings. The first kappa shape index (κ1) is 15.1. The maximum Gasteiger partial charge on any atom is 0.343 e. The number of hydrogen-bond donors (Lipinski definition) is 1. The van der Waals surface area contributed by atoms with Crippen LogP contribution in [0.25, 0.3) is 10.9 Å². The number of methoxy groups -OCH3 is 1. The number of carbonyl (C=O) groups excluding carboxylic acids is 1. The third kappa shape index (κ3) is 3.62. The van der Waals surface area contributed by atoms with E-state index in [9.17, 15) is 9.59 Å². The van der Waals surface area contributed by atoms with Gasteiger partial charge in [-0.1, -0.05) is 19.8 Å². The number of unbranched alkanes of at least 4 members (excludes halogenated alkanes) is 2. The topological polar surface area (TPSA) is 68.4 Å². The van der Waals surface area contributed by atoms with E-state index in [1.165, 1.54) is 13.2 Å². The minimum atomic E-state index is -0.646. The van der Waals surface area contributed by atoms with Gasteiger partial charge >= 0.3 is 5.97 Å². The Hall–Kier alpha value is -2.30. The standard InChI is InChI=1S/C16H19NO4/c1-3-4-5-8-21-12-6-7-14-11(9-12)10-13(15(18)17-14)16(19)20-2/h6-7,9-10H,3-5,8H2,1-2H3,(H,17,18). The van der Waals surface area contributed by atoms with E-state index in [4.69, 9.17) is 4.74 Å². The van der Waals surface area contributed by atoms with Crippen LogP contribution in [0.4, 0.5) is 0 Å². The number of pyridine rings is 1. The van der Waals surface area contributed by atoms with Crippen molar-refractivity contribution in [1.29, 1.82) is 0 Å². The molecule has 5 nitrogen and oxygen atoms in total. The Morgan fingerprint density at radius 2 is 2.05 bits per heavy atom. The average Bonchev–Trinajstić information content (AvgIpc) is 2.50. The number of aromatic amines is 1. The fourth-order valence-corrected chi connectivity index (χ4v) is 2.08. The summed E-state index contributed by atoms with van der Waals surface area (Å²) in [5.41, 5.74) is 0.202. The van der Waals surface area contributed by atoms with Gasteiger partial charge in [0.15, 0.2) is 0 Å². The molecule has 1 aromatic heterocycles. The number of fused-ring (bicyclic) bond motifs is 1. The highest BCUT2D eigenvalue weighted by atomic mass is 16.5. The molecule has 0 aliphatic heterocycles. The Kier molecular flexibility index (Phi) is 4.98. The molecular formula is C16H19NO4. The van der Waals surface area contributed by atoms with Gasteiger partial charge in [-0.05, 0) is 30.7 Å². The number of ether oxygens (including phenoxy) is 2. The quantitative estimate of drug-likeness (QED) is 0.656. The number of hydrogen-bond acceptors (Lipinski definition) is 4. The van der Waals surface area contributed by atoms with Gasteiger partial charge in [0.2, 0.25) is 0 Å². The molecule has 1 N–H and O–H groups in total. The zero-order valence-corrected chi connectivity index (χ0v) is 12.3. The molecule has 0 fully saturated rings. The van der Waals surface area contributed by atoms with Gasteiger partial charge in [-0.15, -0.1) is 0 Å². The average molecular weight is 289 g/mol. The Morgan fingerprint density at radius 1 is 1.24 bits per heavy atom. The van der Waals surface area contributed by atoms with Gasteiger partial charge < -0.3 is 14.5 Å². The van der Waals surface area contributed by atoms with Crippen LogP contribution in [0, 0.1) is 0 Å². The predicted molar refractivity (Wildman–Crippen MR) is 80.9 cm³/mol. The Labute approximate surface area is 122 Å². The maximum atomic E-state index is 11.8. The fourth-order valence-electron chi connectivity index (χ4n) is 2.08. The number of nitrogens with one attached hydrogen (secondary N) is 1. The van der Waals surface area contributed by atoms with Crippen molar-refractivity contribution in [2.24, 2.45) is 0 Å². The highest BCUT2D eigenvalue weighted by Crippen LogP contribution is 2.19. The first-order valence-electron chi connectivity index (χ1n) is 7.04. The van der Waals surface area contributed by atoms with E-state index in [1.54, 1.807) is 6.07 Å². The van der Waals surface area contributed by atoms with Crippen LogP contribution in [0.2, 0.25) is 0 Å². The maximum absolute atomic E-state index is 11.8. The number of benzene rings is 1. The summed E-state index contributed by atoms with van der Waals surface area (Å²) in [6, 6.07) is 6.91. The van der Waals surface area contributed by atoms with E-state index < -0.39 is 11.5 Å². The molecule has 0 radical (unpaired) electrons. The molecule has 21 heavy (non-hydrogen) atoms. The molecule has 5 heteroatoms. The van der Waals surface area contributed by atoms with Crippen molar-refractivity contribution < 1.29 is 14.3 Å². The first-order valence-corrected chi connectivity index (χ1v) is 7.04. The summed E-state index contributed by atoms with van der Waals surface area (Å²) in [5, 5.41) is 0.739. The minimum absolute atomic E-state index is 0.00636. The zero-order chi connectivity index (χ0) is 15.2. The molecule has 1 aromatic carbocycles. The van der Waals surface area contributed by atoms with E-state index in [0.29, 0.717) is 12.1 Å². The molecule has 0 bridgehead atoms. The third-order valence-electron chi connectivity index (χ3n) is 3.24. The second-order valence-electron chi connectivity index (χ2n) is 4.81. The SMILES string of the molecule is CCCCCOc1ccc2[nH]c(=O)c(C(=O)OC)cc2c1. The van der Waals surface area contributed by atoms with Crippen LogP contribution in [0.1, 0.15) is 36.5 Å². The Bertz CT molecular complexity index is 690. The molecule has 0 spiro atoms. The number of esters is 1. The number of H-pyrrole nitrogens is 1. The minimum Gasteiger partial charge on any atom is -0.494 e. The van der Waals surface area contributed by atoms with Crippen LogP contribution < -0.4 is 10.3 Å². The van der Waals surface area contributed by atoms with Crippen LogP contribution in [0.5, 0.6) is 5.75 Å². The summed E-state index contributed by atoms with van der Waals surface area (Å²) >= 11 is 0. The molecule has 0 aliphatic rings. The molecular weight excluding hydrogens is 270 g/mol. The molecule has 0 atom stereocenters. The number of aromatic nitrogens is 1. The van der Waals surface area contributed by atoms with Crippen LogP contribution >= 0.6 is 0 Å². The summed E-state index contributed by atoms with van der Waals surface area (Å²) < 4.78 is 10.3. The molecule has 0 unspecified atom stereocenters. The van der Waals surface area contributed by atoms with E-state index in [0.717, 1.165) is 30.4 Å². The molecule has 1 heterocycles. The zero-order valence-electron chi connectivity index (χ0n) is 12.3. The van der Waals surface area contributed by atoms with Gasteiger partial charge in [-0.25, -0.2) is 4.79 Å². The first-order chi connectivity index (χ1) is 10.2. The van der Waals surface area contributed by atoms with E-state index in [-0.39, 0.29) is 5.56 Å². The molecule has 112 valence electrons. The van der Waals surface area contributed by atoms with Gasteiger partial charge in [0.1, 0.15) is 11.3 Å². The van der Waals surface area contributed by atoms with Crippen LogP contribution in [-0.2, 0) is 4.74 Å². The third-order valence-corrected chi connectivity index (χ3v) is 3.24. The van der Waals surface area contributed by atoms with Crippen molar-refractivity contribution in [1.82, 2.24) is 4.98 Å². The van der Waals surface area contributed by atoms with Gasteiger partial charge in [-0.3, -0.25) is 4.79 Å². The Balaban J connectivity index is 2.26. The predicted octanol–water partition coefficient (Wildman–Crippen LogP) is 2.88. The largest absolute Gasteiger partial charge is 0.494 e. The van der Waals surface area contributed by atoms with E-state index >= 15 is 0 Å². The lowest BCUT2D eigenvalue weighted by Gasteiger charge is -2.07. The highest BCUT2D eigenvalue weighted by molar-refractivity contribution is 5.93. The molecule has 0 saturated heterocycles. The summed E-state index contributed by atoms with van der Waals surface area (Å²) in [4.78, 5) is 26.0. The summed E-state index contributed by atoms with van der Waals surface area (Å²) in [5.74, 6) is 0.0777. The highest BCUT2D eigenvalue weighted by Gasteiger charge is 2.12. The monoisotopic (exact) mass is 289 g/mol. The van der Waals surface area contributed by atoms with Crippen molar-refractivity contribution in [3.63, 3.8) is 0 Å². The van der Waals surface area contributed by atoms with Crippen molar-refractivity contribution in [2.75, 3.05) is 13.7 Å².